The predicted molar refractivity (Wildman–Crippen MR) is 113 cm³/mol. The summed E-state index contributed by atoms with van der Waals surface area (Å²) < 4.78 is 0. The Morgan fingerprint density at radius 1 is 1.00 bits per heavy atom. The fraction of sp³-hybridized carbons (Fsp3) is 0.435. The molecule has 0 aliphatic carbocycles. The van der Waals surface area contributed by atoms with E-state index in [4.69, 9.17) is 0 Å². The number of quaternary nitrogens is 1. The van der Waals surface area contributed by atoms with Crippen LogP contribution in [0.1, 0.15) is 37.8 Å². The smallest absolute Gasteiger partial charge is 0.282 e. The molecule has 3 rings (SSSR count). The highest BCUT2D eigenvalue weighted by Gasteiger charge is 2.29. The Morgan fingerprint density at radius 2 is 1.67 bits per heavy atom. The summed E-state index contributed by atoms with van der Waals surface area (Å²) in [5, 5.41) is 3.23. The lowest BCUT2D eigenvalue weighted by molar-refractivity contribution is -0.914. The number of carbonyl (C=O) groups is 1. The summed E-state index contributed by atoms with van der Waals surface area (Å²) in [6.45, 7) is 12.4. The maximum absolute atomic E-state index is 12.9. The number of piperazine rings is 1. The molecule has 0 unspecified atom stereocenters. The summed E-state index contributed by atoms with van der Waals surface area (Å²) >= 11 is 0. The van der Waals surface area contributed by atoms with Gasteiger partial charge in [0.15, 0.2) is 6.04 Å². The molecule has 1 saturated heterocycles. The number of rotatable bonds is 5. The lowest BCUT2D eigenvalue weighted by Crippen LogP contribution is -3.19. The molecule has 2 aromatic rings. The van der Waals surface area contributed by atoms with Crippen molar-refractivity contribution in [2.24, 2.45) is 0 Å². The van der Waals surface area contributed by atoms with Crippen molar-refractivity contribution in [1.29, 1.82) is 0 Å². The first kappa shape index (κ1) is 19.4. The highest BCUT2D eigenvalue weighted by atomic mass is 16.2. The van der Waals surface area contributed by atoms with Crippen LogP contribution in [-0.4, -0.2) is 38.1 Å². The zero-order chi connectivity index (χ0) is 19.4. The summed E-state index contributed by atoms with van der Waals surface area (Å²) in [5.74, 6) is 0.506. The fourth-order valence-electron chi connectivity index (χ4n) is 3.88. The lowest BCUT2D eigenvalue weighted by atomic mass is 9.98. The van der Waals surface area contributed by atoms with E-state index in [-0.39, 0.29) is 11.9 Å². The number of nitrogens with zero attached hydrogens (tertiary/aromatic N) is 1. The summed E-state index contributed by atoms with van der Waals surface area (Å²) in [7, 11) is 0. The number of hydrogen-bond donors (Lipinski definition) is 2. The minimum atomic E-state index is -0.0532. The number of amides is 1. The molecule has 144 valence electrons. The van der Waals surface area contributed by atoms with Gasteiger partial charge < -0.3 is 15.1 Å². The molecule has 1 amide bonds. The van der Waals surface area contributed by atoms with E-state index in [1.54, 1.807) is 0 Å². The van der Waals surface area contributed by atoms with Crippen LogP contribution >= 0.6 is 0 Å². The minimum absolute atomic E-state index is 0.0532. The molecular formula is C23H32N3O+. The normalized spacial score (nSPS) is 16.4. The zero-order valence-corrected chi connectivity index (χ0v) is 17.0. The van der Waals surface area contributed by atoms with Gasteiger partial charge in [0, 0.05) is 11.4 Å². The first-order valence-electron chi connectivity index (χ1n) is 10.0. The first-order chi connectivity index (χ1) is 13.0. The van der Waals surface area contributed by atoms with Crippen LogP contribution in [0.4, 0.5) is 11.4 Å². The van der Waals surface area contributed by atoms with Gasteiger partial charge >= 0.3 is 0 Å². The molecular weight excluding hydrogens is 334 g/mol. The molecule has 0 bridgehead atoms. The van der Waals surface area contributed by atoms with E-state index in [1.807, 2.05) is 6.07 Å². The highest BCUT2D eigenvalue weighted by Crippen LogP contribution is 2.27. The Kier molecular flexibility index (Phi) is 6.17. The molecule has 1 heterocycles. The van der Waals surface area contributed by atoms with Gasteiger partial charge in [-0.25, -0.2) is 0 Å². The Hall–Kier alpha value is -2.33. The monoisotopic (exact) mass is 366 g/mol. The highest BCUT2D eigenvalue weighted by molar-refractivity contribution is 5.95. The topological polar surface area (TPSA) is 36.8 Å². The van der Waals surface area contributed by atoms with Crippen molar-refractivity contribution in [3.05, 3.63) is 59.7 Å². The average molecular weight is 367 g/mol. The number of benzene rings is 2. The van der Waals surface area contributed by atoms with E-state index in [0.717, 1.165) is 37.4 Å². The molecule has 0 aromatic heterocycles. The molecule has 1 atom stereocenters. The second kappa shape index (κ2) is 8.57. The summed E-state index contributed by atoms with van der Waals surface area (Å²) in [4.78, 5) is 16.7. The minimum Gasteiger partial charge on any atom is -0.360 e. The zero-order valence-electron chi connectivity index (χ0n) is 17.0. The van der Waals surface area contributed by atoms with Crippen LogP contribution in [0.3, 0.4) is 0 Å². The van der Waals surface area contributed by atoms with Gasteiger partial charge in [-0.1, -0.05) is 50.2 Å². The largest absolute Gasteiger partial charge is 0.360 e. The van der Waals surface area contributed by atoms with Crippen molar-refractivity contribution < 1.29 is 9.69 Å². The van der Waals surface area contributed by atoms with Crippen LogP contribution in [-0.2, 0) is 4.79 Å². The second-order valence-electron chi connectivity index (χ2n) is 7.89. The molecule has 1 aliphatic rings. The Balaban J connectivity index is 1.62. The number of para-hydroxylation sites is 2. The summed E-state index contributed by atoms with van der Waals surface area (Å²) in [6, 6.07) is 16.7. The van der Waals surface area contributed by atoms with E-state index >= 15 is 0 Å². The quantitative estimate of drug-likeness (QED) is 0.854. The number of anilines is 2. The van der Waals surface area contributed by atoms with E-state index < -0.39 is 0 Å². The molecule has 1 fully saturated rings. The lowest BCUT2D eigenvalue weighted by Gasteiger charge is -2.36. The van der Waals surface area contributed by atoms with E-state index in [0.29, 0.717) is 5.92 Å². The number of aryl methyl sites for hydroxylation is 1. The molecule has 1 aliphatic heterocycles. The third kappa shape index (κ3) is 4.51. The van der Waals surface area contributed by atoms with Crippen molar-refractivity contribution in [3.63, 3.8) is 0 Å². The third-order valence-electron chi connectivity index (χ3n) is 5.71. The standard InChI is InChI=1S/C23H31N3O/c1-17(2)21-12-8-9-18(3)22(21)24-23(27)19(4)25-13-15-26(16-14-25)20-10-6-5-7-11-20/h5-12,17,19H,13-16H2,1-4H3,(H,24,27)/p+1/t19-/m0/s1. The fourth-order valence-corrected chi connectivity index (χ4v) is 3.88. The summed E-state index contributed by atoms with van der Waals surface area (Å²) in [5.41, 5.74) is 4.60. The predicted octanol–water partition coefficient (Wildman–Crippen LogP) is 2.85. The van der Waals surface area contributed by atoms with Crippen LogP contribution in [0.25, 0.3) is 0 Å². The van der Waals surface area contributed by atoms with Crippen LogP contribution < -0.4 is 15.1 Å². The Labute approximate surface area is 163 Å². The molecule has 2 N–H and O–H groups in total. The van der Waals surface area contributed by atoms with E-state index in [1.165, 1.54) is 16.2 Å². The maximum Gasteiger partial charge on any atom is 0.282 e. The van der Waals surface area contributed by atoms with Gasteiger partial charge in [0.2, 0.25) is 0 Å². The van der Waals surface area contributed by atoms with Crippen molar-refractivity contribution in [3.8, 4) is 0 Å². The molecule has 0 radical (unpaired) electrons. The molecule has 27 heavy (non-hydrogen) atoms. The second-order valence-corrected chi connectivity index (χ2v) is 7.89. The van der Waals surface area contributed by atoms with Crippen LogP contribution in [0, 0.1) is 6.92 Å². The van der Waals surface area contributed by atoms with E-state index in [9.17, 15) is 4.79 Å². The van der Waals surface area contributed by atoms with Crippen LogP contribution in [0.5, 0.6) is 0 Å². The molecule has 4 nitrogen and oxygen atoms in total. The SMILES string of the molecule is Cc1cccc(C(C)C)c1NC(=O)[C@H](C)[NH+]1CCN(c2ccccc2)CC1. The van der Waals surface area contributed by atoms with Crippen molar-refractivity contribution in [2.45, 2.75) is 39.7 Å². The molecule has 4 heteroatoms. The van der Waals surface area contributed by atoms with Gasteiger partial charge in [-0.15, -0.1) is 0 Å². The van der Waals surface area contributed by atoms with Gasteiger partial charge in [-0.3, -0.25) is 4.79 Å². The molecule has 2 aromatic carbocycles. The van der Waals surface area contributed by atoms with Gasteiger partial charge in [0.25, 0.3) is 5.91 Å². The molecule has 0 saturated carbocycles. The van der Waals surface area contributed by atoms with Gasteiger partial charge in [0.05, 0.1) is 26.2 Å². The van der Waals surface area contributed by atoms with E-state index in [2.05, 4.69) is 80.4 Å². The Bertz CT molecular complexity index is 764. The van der Waals surface area contributed by atoms with Crippen molar-refractivity contribution in [2.75, 3.05) is 36.4 Å². The van der Waals surface area contributed by atoms with Gasteiger partial charge in [-0.2, -0.15) is 0 Å². The van der Waals surface area contributed by atoms with Crippen LogP contribution in [0.15, 0.2) is 48.5 Å². The van der Waals surface area contributed by atoms with Gasteiger partial charge in [-0.05, 0) is 43.0 Å². The van der Waals surface area contributed by atoms with Gasteiger partial charge in [0.1, 0.15) is 0 Å². The average Bonchev–Trinajstić information content (AvgIpc) is 2.69. The summed E-state index contributed by atoms with van der Waals surface area (Å²) in [6.07, 6.45) is 0. The molecule has 0 spiro atoms. The van der Waals surface area contributed by atoms with Crippen molar-refractivity contribution >= 4 is 17.3 Å². The number of carbonyl (C=O) groups excluding carboxylic acids is 1. The third-order valence-corrected chi connectivity index (χ3v) is 5.71. The first-order valence-corrected chi connectivity index (χ1v) is 10.0. The van der Waals surface area contributed by atoms with Crippen molar-refractivity contribution in [1.82, 2.24) is 0 Å². The van der Waals surface area contributed by atoms with Crippen LogP contribution in [0.2, 0.25) is 0 Å². The number of hydrogen-bond acceptors (Lipinski definition) is 2. The Morgan fingerprint density at radius 3 is 2.30 bits per heavy atom. The maximum atomic E-state index is 12.9. The number of nitrogens with one attached hydrogen (secondary N) is 2.